The minimum absolute atomic E-state index is 0.256. The molecule has 2 N–H and O–H groups in total. The van der Waals surface area contributed by atoms with Crippen LogP contribution in [0, 0.1) is 0 Å². The number of nitrogens with one attached hydrogen (secondary N) is 1. The van der Waals surface area contributed by atoms with E-state index in [0.29, 0.717) is 18.0 Å². The number of rotatable bonds is 13. The van der Waals surface area contributed by atoms with Gasteiger partial charge in [-0.2, -0.15) is 11.3 Å². The third-order valence-electron chi connectivity index (χ3n) is 5.25. The minimum atomic E-state index is -0.943. The largest absolute Gasteiger partial charge is 0.478 e. The number of thiophene rings is 1. The Morgan fingerprint density at radius 2 is 1.78 bits per heavy atom. The quantitative estimate of drug-likeness (QED) is 0.286. The Morgan fingerprint density at radius 1 is 1.06 bits per heavy atom. The average Bonchev–Trinajstić information content (AvgIpc) is 3.33. The number of hydrogen-bond donors (Lipinski definition) is 2. The first kappa shape index (κ1) is 23.7. The summed E-state index contributed by atoms with van der Waals surface area (Å²) in [6.07, 6.45) is 4.20. The monoisotopic (exact) mass is 452 g/mol. The van der Waals surface area contributed by atoms with E-state index in [4.69, 9.17) is 4.74 Å². The number of carbonyl (C=O) groups is 1. The SMILES string of the molecule is CCCCN(CCCC)c1cc(C(=O)O)cc(NCc2ccsc2)c1Oc1ccccc1. The Labute approximate surface area is 194 Å². The predicted octanol–water partition coefficient (Wildman–Crippen LogP) is 7.26. The number of aromatic carboxylic acids is 1. The summed E-state index contributed by atoms with van der Waals surface area (Å²) in [6.45, 7) is 6.65. The first-order valence-electron chi connectivity index (χ1n) is 11.3. The van der Waals surface area contributed by atoms with Crippen LogP contribution in [-0.4, -0.2) is 24.2 Å². The van der Waals surface area contributed by atoms with Crippen LogP contribution in [0.5, 0.6) is 11.5 Å². The summed E-state index contributed by atoms with van der Waals surface area (Å²) in [5.41, 5.74) is 2.92. The van der Waals surface area contributed by atoms with E-state index in [1.54, 1.807) is 23.5 Å². The molecule has 1 heterocycles. The van der Waals surface area contributed by atoms with Gasteiger partial charge in [0.15, 0.2) is 5.75 Å². The Morgan fingerprint density at radius 3 is 2.38 bits per heavy atom. The smallest absolute Gasteiger partial charge is 0.335 e. The predicted molar refractivity (Wildman–Crippen MR) is 134 cm³/mol. The molecule has 6 heteroatoms. The van der Waals surface area contributed by atoms with E-state index in [1.165, 1.54) is 0 Å². The molecular weight excluding hydrogens is 420 g/mol. The highest BCUT2D eigenvalue weighted by molar-refractivity contribution is 7.07. The molecule has 32 heavy (non-hydrogen) atoms. The fraction of sp³-hybridized carbons (Fsp3) is 0.346. The molecule has 0 saturated heterocycles. The molecule has 0 spiro atoms. The molecule has 0 aliphatic heterocycles. The Kier molecular flexibility index (Phi) is 8.99. The first-order chi connectivity index (χ1) is 15.6. The van der Waals surface area contributed by atoms with Crippen molar-refractivity contribution in [3.05, 3.63) is 70.4 Å². The maximum absolute atomic E-state index is 12.0. The van der Waals surface area contributed by atoms with Crippen LogP contribution in [0.15, 0.2) is 59.3 Å². The molecule has 2 aromatic carbocycles. The molecule has 5 nitrogen and oxygen atoms in total. The van der Waals surface area contributed by atoms with Crippen molar-refractivity contribution in [1.82, 2.24) is 0 Å². The number of carboxylic acids is 1. The van der Waals surface area contributed by atoms with E-state index >= 15 is 0 Å². The standard InChI is InChI=1S/C26H32N2O3S/c1-3-5-13-28(14-6-4-2)24-17-21(26(29)30)16-23(27-18-20-12-15-32-19-20)25(24)31-22-10-8-7-9-11-22/h7-12,15-17,19,27H,3-6,13-14,18H2,1-2H3,(H,29,30). The van der Waals surface area contributed by atoms with Crippen LogP contribution < -0.4 is 15.0 Å². The van der Waals surface area contributed by atoms with Crippen LogP contribution in [0.4, 0.5) is 11.4 Å². The van der Waals surface area contributed by atoms with E-state index < -0.39 is 5.97 Å². The lowest BCUT2D eigenvalue weighted by molar-refractivity contribution is 0.0697. The zero-order valence-corrected chi connectivity index (χ0v) is 19.7. The van der Waals surface area contributed by atoms with Gasteiger partial charge in [0.1, 0.15) is 5.75 Å². The highest BCUT2D eigenvalue weighted by atomic mass is 32.1. The van der Waals surface area contributed by atoms with Crippen LogP contribution in [0.25, 0.3) is 0 Å². The fourth-order valence-corrected chi connectivity index (χ4v) is 4.13. The van der Waals surface area contributed by atoms with Crippen LogP contribution in [0.1, 0.15) is 55.5 Å². The van der Waals surface area contributed by atoms with Gasteiger partial charge in [0.05, 0.1) is 16.9 Å². The number of anilines is 2. The lowest BCUT2D eigenvalue weighted by atomic mass is 10.1. The molecule has 3 rings (SSSR count). The van der Waals surface area contributed by atoms with Gasteiger partial charge >= 0.3 is 5.97 Å². The Hall–Kier alpha value is -2.99. The molecule has 170 valence electrons. The van der Waals surface area contributed by atoms with Crippen molar-refractivity contribution >= 4 is 28.7 Å². The molecule has 3 aromatic rings. The summed E-state index contributed by atoms with van der Waals surface area (Å²) in [5.74, 6) is 0.451. The molecule has 0 unspecified atom stereocenters. The molecule has 0 radical (unpaired) electrons. The number of carboxylic acid groups (broad SMARTS) is 1. The highest BCUT2D eigenvalue weighted by Crippen LogP contribution is 2.41. The number of benzene rings is 2. The van der Waals surface area contributed by atoms with E-state index in [0.717, 1.165) is 55.8 Å². The Bertz CT molecular complexity index is 966. The average molecular weight is 453 g/mol. The maximum Gasteiger partial charge on any atom is 0.335 e. The molecule has 0 saturated carbocycles. The molecule has 0 aliphatic rings. The molecule has 0 aliphatic carbocycles. The van der Waals surface area contributed by atoms with Gasteiger partial charge in [0.2, 0.25) is 0 Å². The topological polar surface area (TPSA) is 61.8 Å². The molecular formula is C26H32N2O3S. The van der Waals surface area contributed by atoms with Gasteiger partial charge in [-0.05, 0) is 59.5 Å². The van der Waals surface area contributed by atoms with Crippen molar-refractivity contribution in [2.75, 3.05) is 23.3 Å². The number of para-hydroxylation sites is 1. The van der Waals surface area contributed by atoms with E-state index in [9.17, 15) is 9.90 Å². The summed E-state index contributed by atoms with van der Waals surface area (Å²) >= 11 is 1.64. The molecule has 0 fully saturated rings. The third kappa shape index (κ3) is 6.50. The lowest BCUT2D eigenvalue weighted by Gasteiger charge is -2.28. The number of hydrogen-bond acceptors (Lipinski definition) is 5. The summed E-state index contributed by atoms with van der Waals surface area (Å²) in [7, 11) is 0. The molecule has 0 amide bonds. The second kappa shape index (κ2) is 12.2. The molecule has 1 aromatic heterocycles. The van der Waals surface area contributed by atoms with Crippen LogP contribution >= 0.6 is 11.3 Å². The van der Waals surface area contributed by atoms with Gasteiger partial charge in [0, 0.05) is 19.6 Å². The van der Waals surface area contributed by atoms with Gasteiger partial charge in [-0.1, -0.05) is 44.9 Å². The zero-order chi connectivity index (χ0) is 22.8. The number of ether oxygens (including phenoxy) is 1. The van der Waals surface area contributed by atoms with Crippen molar-refractivity contribution in [3.8, 4) is 11.5 Å². The number of unbranched alkanes of at least 4 members (excludes halogenated alkanes) is 2. The van der Waals surface area contributed by atoms with Crippen molar-refractivity contribution in [3.63, 3.8) is 0 Å². The maximum atomic E-state index is 12.0. The summed E-state index contributed by atoms with van der Waals surface area (Å²) in [5, 5.41) is 17.4. The lowest BCUT2D eigenvalue weighted by Crippen LogP contribution is -2.26. The van der Waals surface area contributed by atoms with Crippen LogP contribution in [0.2, 0.25) is 0 Å². The van der Waals surface area contributed by atoms with Crippen LogP contribution in [-0.2, 0) is 6.54 Å². The van der Waals surface area contributed by atoms with E-state index in [1.807, 2.05) is 35.7 Å². The Balaban J connectivity index is 2.07. The minimum Gasteiger partial charge on any atom is -0.478 e. The molecule has 0 bridgehead atoms. The van der Waals surface area contributed by atoms with Gasteiger partial charge in [-0.25, -0.2) is 4.79 Å². The van der Waals surface area contributed by atoms with E-state index in [2.05, 4.69) is 35.5 Å². The van der Waals surface area contributed by atoms with Crippen molar-refractivity contribution in [2.24, 2.45) is 0 Å². The fourth-order valence-electron chi connectivity index (χ4n) is 3.46. The van der Waals surface area contributed by atoms with Gasteiger partial charge in [-0.3, -0.25) is 0 Å². The molecule has 0 atom stereocenters. The van der Waals surface area contributed by atoms with Crippen molar-refractivity contribution in [2.45, 2.75) is 46.1 Å². The summed E-state index contributed by atoms with van der Waals surface area (Å²) in [6, 6.07) is 15.1. The van der Waals surface area contributed by atoms with Gasteiger partial charge in [0.25, 0.3) is 0 Å². The third-order valence-corrected chi connectivity index (χ3v) is 5.98. The second-order valence-electron chi connectivity index (χ2n) is 7.77. The van der Waals surface area contributed by atoms with Gasteiger partial charge < -0.3 is 20.1 Å². The van der Waals surface area contributed by atoms with E-state index in [-0.39, 0.29) is 5.56 Å². The van der Waals surface area contributed by atoms with Crippen molar-refractivity contribution < 1.29 is 14.6 Å². The summed E-state index contributed by atoms with van der Waals surface area (Å²) in [4.78, 5) is 14.2. The normalized spacial score (nSPS) is 10.7. The zero-order valence-electron chi connectivity index (χ0n) is 18.8. The summed E-state index contributed by atoms with van der Waals surface area (Å²) < 4.78 is 6.39. The van der Waals surface area contributed by atoms with Crippen molar-refractivity contribution in [1.29, 1.82) is 0 Å². The van der Waals surface area contributed by atoms with Crippen LogP contribution in [0.3, 0.4) is 0 Å². The number of nitrogens with zero attached hydrogens (tertiary/aromatic N) is 1. The first-order valence-corrected chi connectivity index (χ1v) is 12.2. The highest BCUT2D eigenvalue weighted by Gasteiger charge is 2.21. The van der Waals surface area contributed by atoms with Gasteiger partial charge in [-0.15, -0.1) is 0 Å². The second-order valence-corrected chi connectivity index (χ2v) is 8.55.